The van der Waals surface area contributed by atoms with E-state index in [0.29, 0.717) is 11.7 Å². The molecule has 0 unspecified atom stereocenters. The monoisotopic (exact) mass is 150 g/mol. The Morgan fingerprint density at radius 3 is 3.09 bits per heavy atom. The molecule has 4 heteroatoms. The molecule has 11 heavy (non-hydrogen) atoms. The van der Waals surface area contributed by atoms with Crippen molar-refractivity contribution in [3.05, 3.63) is 12.5 Å². The first kappa shape index (κ1) is 7.65. The number of aromatic amines is 1. The van der Waals surface area contributed by atoms with Crippen molar-refractivity contribution in [3.8, 4) is 0 Å². The summed E-state index contributed by atoms with van der Waals surface area (Å²) in [6.07, 6.45) is 5.00. The van der Waals surface area contributed by atoms with Crippen LogP contribution in [0.1, 0.15) is 13.8 Å². The number of hydrogen-bond donors (Lipinski definition) is 1. The molecule has 1 heterocycles. The van der Waals surface area contributed by atoms with Gasteiger partial charge in [-0.25, -0.2) is 15.0 Å². The highest BCUT2D eigenvalue weighted by Crippen LogP contribution is 2.03. The Bertz CT molecular complexity index is 258. The highest BCUT2D eigenvalue weighted by atomic mass is 15.0. The van der Waals surface area contributed by atoms with Crippen LogP contribution in [0.4, 0.5) is 5.82 Å². The van der Waals surface area contributed by atoms with Crippen LogP contribution in [0, 0.1) is 0 Å². The summed E-state index contributed by atoms with van der Waals surface area (Å²) in [6, 6.07) is 0. The van der Waals surface area contributed by atoms with Crippen molar-refractivity contribution in [3.63, 3.8) is 0 Å². The van der Waals surface area contributed by atoms with E-state index in [0.717, 1.165) is 0 Å². The van der Waals surface area contributed by atoms with Gasteiger partial charge in [-0.3, -0.25) is 0 Å². The van der Waals surface area contributed by atoms with Crippen LogP contribution >= 0.6 is 0 Å². The molecule has 4 nitrogen and oxygen atoms in total. The van der Waals surface area contributed by atoms with Crippen LogP contribution in [0.25, 0.3) is 0 Å². The van der Waals surface area contributed by atoms with E-state index in [2.05, 4.69) is 20.0 Å². The highest BCUT2D eigenvalue weighted by Gasteiger charge is 1.89. The molecule has 1 aromatic heterocycles. The van der Waals surface area contributed by atoms with Crippen molar-refractivity contribution in [2.45, 2.75) is 13.8 Å². The van der Waals surface area contributed by atoms with E-state index in [9.17, 15) is 0 Å². The zero-order chi connectivity index (χ0) is 8.10. The Kier molecular flexibility index (Phi) is 2.54. The average Bonchev–Trinajstić information content (AvgIpc) is 2.40. The van der Waals surface area contributed by atoms with Gasteiger partial charge in [0.25, 0.3) is 0 Å². The molecule has 0 atom stereocenters. The molecule has 0 aliphatic rings. The summed E-state index contributed by atoms with van der Waals surface area (Å²) in [5.41, 5.74) is 0. The van der Waals surface area contributed by atoms with Gasteiger partial charge in [-0.2, -0.15) is 0 Å². The molecule has 0 saturated heterocycles. The number of aromatic nitrogens is 2. The smallest absolute Gasteiger partial charge is 0.171 e. The van der Waals surface area contributed by atoms with E-state index in [1.54, 1.807) is 18.7 Å². The van der Waals surface area contributed by atoms with Crippen LogP contribution in [-0.4, -0.2) is 22.0 Å². The first-order chi connectivity index (χ1) is 5.33. The number of amidine groups is 1. The van der Waals surface area contributed by atoms with Crippen molar-refractivity contribution in [1.82, 2.24) is 9.97 Å². The first-order valence-corrected chi connectivity index (χ1v) is 3.35. The maximum atomic E-state index is 4.09. The molecule has 58 valence electrons. The van der Waals surface area contributed by atoms with Gasteiger partial charge in [-0.05, 0) is 13.8 Å². The van der Waals surface area contributed by atoms with Crippen LogP contribution in [-0.2, 0) is 0 Å². The van der Waals surface area contributed by atoms with E-state index in [1.807, 2.05) is 13.8 Å². The van der Waals surface area contributed by atoms with E-state index < -0.39 is 0 Å². The van der Waals surface area contributed by atoms with Crippen molar-refractivity contribution in [2.24, 2.45) is 9.98 Å². The lowest BCUT2D eigenvalue weighted by molar-refractivity contribution is 1.29. The van der Waals surface area contributed by atoms with E-state index >= 15 is 0 Å². The molecular formula is C7H10N4. The second-order valence-corrected chi connectivity index (χ2v) is 1.97. The van der Waals surface area contributed by atoms with Gasteiger partial charge in [0.2, 0.25) is 0 Å². The third-order valence-electron chi connectivity index (χ3n) is 1.08. The number of H-pyrrole nitrogens is 1. The largest absolute Gasteiger partial charge is 0.349 e. The Labute approximate surface area is 65.1 Å². The summed E-state index contributed by atoms with van der Waals surface area (Å²) >= 11 is 0. The fourth-order valence-corrected chi connectivity index (χ4v) is 0.695. The van der Waals surface area contributed by atoms with Gasteiger partial charge in [0, 0.05) is 12.4 Å². The molecule has 1 rings (SSSR count). The minimum absolute atomic E-state index is 0.660. The van der Waals surface area contributed by atoms with Gasteiger partial charge < -0.3 is 4.98 Å². The third-order valence-corrected chi connectivity index (χ3v) is 1.08. The lowest BCUT2D eigenvalue weighted by atomic mass is 10.6. The number of imidazole rings is 1. The molecular weight excluding hydrogens is 140 g/mol. The SMILES string of the molecule is C/C=N\C(C)=N/c1c[nH]cn1. The Hall–Kier alpha value is -1.45. The molecule has 0 aromatic carbocycles. The lowest BCUT2D eigenvalue weighted by Gasteiger charge is -1.86. The van der Waals surface area contributed by atoms with Crippen LogP contribution in [0.3, 0.4) is 0 Å². The summed E-state index contributed by atoms with van der Waals surface area (Å²) < 4.78 is 0. The predicted molar refractivity (Wildman–Crippen MR) is 45.5 cm³/mol. The second-order valence-electron chi connectivity index (χ2n) is 1.97. The summed E-state index contributed by atoms with van der Waals surface area (Å²) in [5.74, 6) is 1.37. The minimum Gasteiger partial charge on any atom is -0.349 e. The number of aliphatic imine (C=N–C) groups is 2. The standard InChI is InChI=1S/C7H10N4/c1-3-9-6(2)11-7-4-8-5-10-7/h3-5H,1-2H3,(H,8,10)/b9-3-,11-6-. The van der Waals surface area contributed by atoms with Crippen LogP contribution in [0.2, 0.25) is 0 Å². The topological polar surface area (TPSA) is 53.4 Å². The second kappa shape index (κ2) is 3.65. The van der Waals surface area contributed by atoms with Crippen molar-refractivity contribution >= 4 is 17.9 Å². The van der Waals surface area contributed by atoms with Gasteiger partial charge >= 0.3 is 0 Å². The van der Waals surface area contributed by atoms with Crippen molar-refractivity contribution in [1.29, 1.82) is 0 Å². The summed E-state index contributed by atoms with van der Waals surface area (Å²) in [5, 5.41) is 0. The number of rotatable bonds is 1. The minimum atomic E-state index is 0.660. The quantitative estimate of drug-likeness (QED) is 0.479. The Balaban J connectivity index is 2.73. The molecule has 0 aliphatic heterocycles. The molecule has 0 amide bonds. The summed E-state index contributed by atoms with van der Waals surface area (Å²) in [7, 11) is 0. The van der Waals surface area contributed by atoms with E-state index in [4.69, 9.17) is 0 Å². The maximum Gasteiger partial charge on any atom is 0.171 e. The predicted octanol–water partition coefficient (Wildman–Crippen LogP) is 1.55. The molecule has 0 aliphatic carbocycles. The zero-order valence-electron chi connectivity index (χ0n) is 6.57. The average molecular weight is 150 g/mol. The third kappa shape index (κ3) is 2.33. The summed E-state index contributed by atoms with van der Waals surface area (Å²) in [6.45, 7) is 3.68. The van der Waals surface area contributed by atoms with Crippen LogP contribution < -0.4 is 0 Å². The molecule has 1 aromatic rings. The number of nitrogens with zero attached hydrogens (tertiary/aromatic N) is 3. The normalized spacial score (nSPS) is 12.7. The van der Waals surface area contributed by atoms with Crippen molar-refractivity contribution in [2.75, 3.05) is 0 Å². The van der Waals surface area contributed by atoms with E-state index in [1.165, 1.54) is 0 Å². The fraction of sp³-hybridized carbons (Fsp3) is 0.286. The van der Waals surface area contributed by atoms with Gasteiger partial charge in [-0.1, -0.05) is 0 Å². The van der Waals surface area contributed by atoms with Gasteiger partial charge in [0.15, 0.2) is 5.82 Å². The van der Waals surface area contributed by atoms with Gasteiger partial charge in [-0.15, -0.1) is 0 Å². The van der Waals surface area contributed by atoms with Crippen LogP contribution in [0.15, 0.2) is 22.5 Å². The van der Waals surface area contributed by atoms with Gasteiger partial charge in [0.1, 0.15) is 5.84 Å². The zero-order valence-corrected chi connectivity index (χ0v) is 6.57. The fourth-order valence-electron chi connectivity index (χ4n) is 0.695. The number of hydrogen-bond acceptors (Lipinski definition) is 2. The molecule has 0 saturated carbocycles. The highest BCUT2D eigenvalue weighted by molar-refractivity contribution is 5.88. The Morgan fingerprint density at radius 2 is 2.55 bits per heavy atom. The Morgan fingerprint density at radius 1 is 1.73 bits per heavy atom. The van der Waals surface area contributed by atoms with Crippen LogP contribution in [0.5, 0.6) is 0 Å². The maximum absolute atomic E-state index is 4.09. The first-order valence-electron chi connectivity index (χ1n) is 3.35. The molecule has 0 radical (unpaired) electrons. The molecule has 0 spiro atoms. The van der Waals surface area contributed by atoms with E-state index in [-0.39, 0.29) is 0 Å². The lowest BCUT2D eigenvalue weighted by Crippen LogP contribution is -1.83. The van der Waals surface area contributed by atoms with Crippen molar-refractivity contribution < 1.29 is 0 Å². The van der Waals surface area contributed by atoms with Gasteiger partial charge in [0.05, 0.1) is 6.33 Å². The molecule has 1 N–H and O–H groups in total. The molecule has 0 bridgehead atoms. The number of nitrogens with one attached hydrogen (secondary N) is 1. The summed E-state index contributed by atoms with van der Waals surface area (Å²) in [4.78, 5) is 14.8. The molecule has 0 fully saturated rings.